The fourth-order valence-electron chi connectivity index (χ4n) is 12.4. The Balaban J connectivity index is 0.00000940. The summed E-state index contributed by atoms with van der Waals surface area (Å²) in [7, 11) is 0. The molecule has 5 saturated heterocycles. The summed E-state index contributed by atoms with van der Waals surface area (Å²) in [6, 6.07) is 25.0. The Labute approximate surface area is 496 Å². The highest BCUT2D eigenvalue weighted by Gasteiger charge is 2.47. The van der Waals surface area contributed by atoms with Gasteiger partial charge in [0.1, 0.15) is 60.4 Å². The van der Waals surface area contributed by atoms with Gasteiger partial charge in [-0.05, 0) is 86.5 Å². The molecule has 4 aromatic carbocycles. The largest absolute Gasteiger partial charge is 0.412 e. The number of carbonyl (C=O) groups is 10. The van der Waals surface area contributed by atoms with Crippen molar-refractivity contribution < 1.29 is 53.4 Å². The minimum absolute atomic E-state index is 0. The van der Waals surface area contributed by atoms with Gasteiger partial charge in [-0.1, -0.05) is 135 Å². The lowest BCUT2D eigenvalue weighted by Gasteiger charge is -2.35. The highest BCUT2D eigenvalue weighted by Crippen LogP contribution is 2.29. The zero-order valence-electron chi connectivity index (χ0n) is 48.6. The lowest BCUT2D eigenvalue weighted by molar-refractivity contribution is -0.148. The molecule has 452 valence electrons. The average Bonchev–Trinajstić information content (AvgIpc) is 3.82. The highest BCUT2D eigenvalue weighted by molar-refractivity contribution is 6.00. The zero-order chi connectivity index (χ0) is 59.4. The van der Waals surface area contributed by atoms with Gasteiger partial charge in [-0.2, -0.15) is 0 Å². The van der Waals surface area contributed by atoms with Gasteiger partial charge < -0.3 is 57.0 Å². The summed E-state index contributed by atoms with van der Waals surface area (Å²) in [5, 5.41) is 17.4. The molecular formula is C64H80N10O11. The molecule has 0 aliphatic carbocycles. The van der Waals surface area contributed by atoms with Crippen LogP contribution >= 0.6 is 0 Å². The summed E-state index contributed by atoms with van der Waals surface area (Å²) in [6.45, 7) is 5.85. The molecule has 10 unspecified atom stereocenters. The maximum absolute atomic E-state index is 15.1. The van der Waals surface area contributed by atoms with Gasteiger partial charge in [0.2, 0.25) is 59.1 Å². The Kier molecular flexibility index (Phi) is 21.3. The molecule has 10 atom stereocenters. The summed E-state index contributed by atoms with van der Waals surface area (Å²) >= 11 is 0. The third-order valence-corrected chi connectivity index (χ3v) is 16.9. The Bertz CT molecular complexity index is 3030. The zero-order valence-corrected chi connectivity index (χ0v) is 48.6. The van der Waals surface area contributed by atoms with E-state index in [9.17, 15) is 43.2 Å². The van der Waals surface area contributed by atoms with Crippen LogP contribution in [0.15, 0.2) is 121 Å². The third kappa shape index (κ3) is 15.3. The van der Waals surface area contributed by atoms with E-state index in [1.165, 1.54) is 26.5 Å². The molecule has 4 aromatic rings. The van der Waals surface area contributed by atoms with E-state index in [2.05, 4.69) is 31.9 Å². The van der Waals surface area contributed by atoms with Gasteiger partial charge in [-0.15, -0.1) is 0 Å². The van der Waals surface area contributed by atoms with Crippen molar-refractivity contribution in [3.8, 4) is 0 Å². The second kappa shape index (κ2) is 28.9. The van der Waals surface area contributed by atoms with Gasteiger partial charge in [-0.3, -0.25) is 47.9 Å². The number of rotatable bonds is 9. The summed E-state index contributed by atoms with van der Waals surface area (Å²) in [6.07, 6.45) is 3.12. The van der Waals surface area contributed by atoms with Gasteiger partial charge in [-0.25, -0.2) is 0 Å². The molecule has 10 amide bonds. The second-order valence-electron chi connectivity index (χ2n) is 23.2. The van der Waals surface area contributed by atoms with Crippen molar-refractivity contribution in [3.63, 3.8) is 0 Å². The van der Waals surface area contributed by atoms with Crippen molar-refractivity contribution in [1.29, 1.82) is 0 Å². The first-order valence-electron chi connectivity index (χ1n) is 29.7. The van der Waals surface area contributed by atoms with Crippen LogP contribution in [-0.2, 0) is 73.6 Å². The fourth-order valence-corrected chi connectivity index (χ4v) is 12.4. The fraction of sp³-hybridized carbons (Fsp3) is 0.469. The normalized spacial score (nSPS) is 27.1. The molecule has 5 fully saturated rings. The van der Waals surface area contributed by atoms with Crippen LogP contribution in [0.4, 0.5) is 0 Å². The van der Waals surface area contributed by atoms with Crippen LogP contribution in [0.1, 0.15) is 94.4 Å². The number of benzene rings is 4. The van der Waals surface area contributed by atoms with Crippen LogP contribution in [0.3, 0.4) is 0 Å². The molecule has 21 heteroatoms. The summed E-state index contributed by atoms with van der Waals surface area (Å²) in [5.41, 5.74) is 2.84. The smallest absolute Gasteiger partial charge is 0.246 e. The van der Waals surface area contributed by atoms with Crippen LogP contribution in [0.2, 0.25) is 0 Å². The van der Waals surface area contributed by atoms with E-state index < -0.39 is 125 Å². The van der Waals surface area contributed by atoms with E-state index in [1.807, 2.05) is 72.8 Å². The maximum atomic E-state index is 15.1. The van der Waals surface area contributed by atoms with Gasteiger partial charge in [0.15, 0.2) is 0 Å². The molecule has 0 saturated carbocycles. The summed E-state index contributed by atoms with van der Waals surface area (Å²) < 4.78 is 0. The van der Waals surface area contributed by atoms with Crippen LogP contribution in [0.5, 0.6) is 0 Å². The van der Waals surface area contributed by atoms with Crippen molar-refractivity contribution in [2.45, 2.75) is 158 Å². The van der Waals surface area contributed by atoms with E-state index in [4.69, 9.17) is 0 Å². The molecule has 5 aliphatic heterocycles. The van der Waals surface area contributed by atoms with E-state index in [0.717, 1.165) is 5.56 Å². The molecule has 21 nitrogen and oxygen atoms in total. The number of amides is 10. The third-order valence-electron chi connectivity index (χ3n) is 16.9. The van der Waals surface area contributed by atoms with E-state index in [0.29, 0.717) is 55.2 Å². The molecule has 0 spiro atoms. The molecule has 0 radical (unpaired) electrons. The SMILES string of the molecule is CC1NC(=O)C2CCCN2C(=O)C2CCCN2C(=O)C(C(C)C)NC(=O)C(Cc2ccccc2)NC(=O)C(Cc2ccccc2)NC(=O)C2CCCN2C(=O)C2CCCN2C(=O)C(Cc2ccccc2)NC(=O)C(Cc2ccccc2)NC1=O.O. The van der Waals surface area contributed by atoms with Gasteiger partial charge >= 0.3 is 0 Å². The minimum atomic E-state index is -1.26. The van der Waals surface area contributed by atoms with Crippen LogP contribution in [0.25, 0.3) is 0 Å². The number of nitrogens with zero attached hydrogens (tertiary/aromatic N) is 4. The standard InChI is InChI=1S/C64H78N10O10.H2O/c1-40(2)54-64(84)74-35-19-31-53(74)63(83)71-32-16-28-50(71)59(79)65-41(3)55(75)66-46(36-42-20-8-4-9-21-42)57(77)69-49(39-45-26-14-7-15-27-45)61(81)73-34-18-30-52(73)62(82)72-33-17-29-51(72)60(80)68-47(37-43-22-10-5-11-23-43)56(76)67-48(58(78)70-54)38-44-24-12-6-13-25-44;/h4-15,20-27,40-41,46-54H,16-19,28-39H2,1-3H3,(H,65,79)(H,66,75)(H,67,76)(H,68,80)(H,69,77)(H,70,78);1H2. The Morgan fingerprint density at radius 3 is 1.04 bits per heavy atom. The van der Waals surface area contributed by atoms with Crippen molar-refractivity contribution in [2.75, 3.05) is 26.2 Å². The molecular weight excluding hydrogens is 1080 g/mol. The Hall–Kier alpha value is -8.46. The van der Waals surface area contributed by atoms with Gasteiger partial charge in [0, 0.05) is 51.9 Å². The predicted octanol–water partition coefficient (Wildman–Crippen LogP) is 1.69. The molecule has 5 heterocycles. The van der Waals surface area contributed by atoms with Crippen LogP contribution in [-0.4, -0.2) is 171 Å². The van der Waals surface area contributed by atoms with E-state index in [1.54, 1.807) is 62.4 Å². The highest BCUT2D eigenvalue weighted by atomic mass is 16.2. The Morgan fingerprint density at radius 2 is 0.647 bits per heavy atom. The second-order valence-corrected chi connectivity index (χ2v) is 23.2. The van der Waals surface area contributed by atoms with E-state index in [-0.39, 0.29) is 70.2 Å². The molecule has 0 bridgehead atoms. The lowest BCUT2D eigenvalue weighted by atomic mass is 9.99. The van der Waals surface area contributed by atoms with Crippen LogP contribution in [0, 0.1) is 5.92 Å². The molecule has 9 rings (SSSR count). The summed E-state index contributed by atoms with van der Waals surface area (Å²) in [5.74, 6) is -6.29. The topological polar surface area (TPSA) is 287 Å². The van der Waals surface area contributed by atoms with Gasteiger partial charge in [0.25, 0.3) is 0 Å². The maximum Gasteiger partial charge on any atom is 0.246 e. The first kappa shape index (κ1) is 62.6. The first-order chi connectivity index (χ1) is 40.5. The van der Waals surface area contributed by atoms with Gasteiger partial charge in [0.05, 0.1) is 0 Å². The molecule has 5 aliphatic rings. The Morgan fingerprint density at radius 1 is 0.353 bits per heavy atom. The molecule has 0 aromatic heterocycles. The predicted molar refractivity (Wildman–Crippen MR) is 315 cm³/mol. The van der Waals surface area contributed by atoms with E-state index >= 15 is 4.79 Å². The number of carbonyl (C=O) groups excluding carboxylic acids is 10. The monoisotopic (exact) mass is 1160 g/mol. The molecule has 85 heavy (non-hydrogen) atoms. The average molecular weight is 1170 g/mol. The van der Waals surface area contributed by atoms with Crippen molar-refractivity contribution in [2.24, 2.45) is 5.92 Å². The number of fused-ring (bicyclic) bond motifs is 4. The lowest BCUT2D eigenvalue weighted by Crippen LogP contribution is -2.61. The number of nitrogens with one attached hydrogen (secondary N) is 6. The minimum Gasteiger partial charge on any atom is -0.412 e. The number of hydrogen-bond acceptors (Lipinski definition) is 10. The number of hydrogen-bond donors (Lipinski definition) is 6. The quantitative estimate of drug-likeness (QED) is 0.141. The van der Waals surface area contributed by atoms with Crippen molar-refractivity contribution in [1.82, 2.24) is 51.5 Å². The van der Waals surface area contributed by atoms with Crippen LogP contribution < -0.4 is 31.9 Å². The molecule has 8 N–H and O–H groups in total. The summed E-state index contributed by atoms with van der Waals surface area (Å²) in [4.78, 5) is 153. The van der Waals surface area contributed by atoms with Crippen molar-refractivity contribution >= 4 is 59.1 Å². The van der Waals surface area contributed by atoms with Crippen molar-refractivity contribution in [3.05, 3.63) is 144 Å². The first-order valence-corrected chi connectivity index (χ1v) is 29.7.